The Morgan fingerprint density at radius 3 is 2.11 bits per heavy atom. The summed E-state index contributed by atoms with van der Waals surface area (Å²) in [5.74, 6) is 0.212. The van der Waals surface area contributed by atoms with Crippen LogP contribution in [0.4, 0.5) is 0 Å². The van der Waals surface area contributed by atoms with Gasteiger partial charge < -0.3 is 10.1 Å². The SMILES string of the molecule is CCCNC(CCS(C)(=O)=O)C(CC)(CC)OCC. The summed E-state index contributed by atoms with van der Waals surface area (Å²) in [6, 6.07) is 0.0946. The molecule has 0 aliphatic carbocycles. The molecule has 0 rings (SSSR count). The maximum atomic E-state index is 11.4. The van der Waals surface area contributed by atoms with E-state index in [4.69, 9.17) is 4.74 Å². The van der Waals surface area contributed by atoms with Crippen LogP contribution in [0.25, 0.3) is 0 Å². The molecule has 116 valence electrons. The van der Waals surface area contributed by atoms with E-state index in [-0.39, 0.29) is 17.4 Å². The molecule has 0 aromatic rings. The summed E-state index contributed by atoms with van der Waals surface area (Å²) in [5.41, 5.74) is -0.255. The molecule has 0 spiro atoms. The van der Waals surface area contributed by atoms with Crippen molar-refractivity contribution in [2.24, 2.45) is 0 Å². The first-order valence-electron chi connectivity index (χ1n) is 7.40. The average molecular weight is 293 g/mol. The van der Waals surface area contributed by atoms with Crippen molar-refractivity contribution >= 4 is 9.84 Å². The molecule has 0 heterocycles. The van der Waals surface area contributed by atoms with E-state index in [9.17, 15) is 8.42 Å². The molecule has 4 nitrogen and oxygen atoms in total. The minimum absolute atomic E-state index is 0.0946. The number of hydrogen-bond acceptors (Lipinski definition) is 4. The molecule has 0 aliphatic heterocycles. The maximum absolute atomic E-state index is 11.4. The Labute approximate surface area is 119 Å². The highest BCUT2D eigenvalue weighted by Gasteiger charge is 2.36. The number of ether oxygens (including phenoxy) is 1. The lowest BCUT2D eigenvalue weighted by Gasteiger charge is -2.40. The Kier molecular flexibility index (Phi) is 8.86. The first-order chi connectivity index (χ1) is 8.85. The number of hydrogen-bond donors (Lipinski definition) is 1. The fraction of sp³-hybridized carbons (Fsp3) is 1.00. The van der Waals surface area contributed by atoms with E-state index in [1.807, 2.05) is 6.92 Å². The Bertz CT molecular complexity index is 324. The van der Waals surface area contributed by atoms with Crippen molar-refractivity contribution in [1.82, 2.24) is 5.32 Å². The monoisotopic (exact) mass is 293 g/mol. The molecular weight excluding hydrogens is 262 g/mol. The zero-order valence-electron chi connectivity index (χ0n) is 13.2. The van der Waals surface area contributed by atoms with Crippen molar-refractivity contribution in [2.75, 3.05) is 25.2 Å². The minimum Gasteiger partial charge on any atom is -0.374 e. The average Bonchev–Trinajstić information content (AvgIpc) is 2.35. The molecule has 0 saturated heterocycles. The van der Waals surface area contributed by atoms with Crippen LogP contribution in [0.2, 0.25) is 0 Å². The van der Waals surface area contributed by atoms with Crippen LogP contribution in [-0.2, 0) is 14.6 Å². The summed E-state index contributed by atoms with van der Waals surface area (Å²) >= 11 is 0. The van der Waals surface area contributed by atoms with E-state index in [0.717, 1.165) is 25.8 Å². The van der Waals surface area contributed by atoms with Gasteiger partial charge in [-0.1, -0.05) is 20.8 Å². The van der Waals surface area contributed by atoms with Gasteiger partial charge in [-0.05, 0) is 39.2 Å². The second kappa shape index (κ2) is 8.93. The molecule has 1 atom stereocenters. The first kappa shape index (κ1) is 18.9. The number of sulfone groups is 1. The van der Waals surface area contributed by atoms with Crippen LogP contribution in [-0.4, -0.2) is 45.2 Å². The summed E-state index contributed by atoms with van der Waals surface area (Å²) in [5, 5.41) is 3.48. The van der Waals surface area contributed by atoms with Crippen molar-refractivity contribution in [3.05, 3.63) is 0 Å². The largest absolute Gasteiger partial charge is 0.374 e. The van der Waals surface area contributed by atoms with Gasteiger partial charge in [0.1, 0.15) is 9.84 Å². The quantitative estimate of drug-likeness (QED) is 0.635. The third-order valence-corrected chi connectivity index (χ3v) is 4.66. The third kappa shape index (κ3) is 6.72. The molecule has 0 aliphatic rings. The van der Waals surface area contributed by atoms with Gasteiger partial charge in [0.15, 0.2) is 0 Å². The smallest absolute Gasteiger partial charge is 0.147 e. The number of rotatable bonds is 11. The molecule has 0 aromatic heterocycles. The molecule has 5 heteroatoms. The zero-order valence-corrected chi connectivity index (χ0v) is 14.0. The van der Waals surface area contributed by atoms with Gasteiger partial charge in [0.2, 0.25) is 0 Å². The predicted molar refractivity (Wildman–Crippen MR) is 81.3 cm³/mol. The van der Waals surface area contributed by atoms with Crippen molar-refractivity contribution in [1.29, 1.82) is 0 Å². The van der Waals surface area contributed by atoms with E-state index in [1.165, 1.54) is 6.26 Å². The van der Waals surface area contributed by atoms with Gasteiger partial charge in [-0.2, -0.15) is 0 Å². The molecule has 1 N–H and O–H groups in total. The van der Waals surface area contributed by atoms with Gasteiger partial charge in [0.25, 0.3) is 0 Å². The normalized spacial score (nSPS) is 14.6. The van der Waals surface area contributed by atoms with Crippen LogP contribution in [0.3, 0.4) is 0 Å². The van der Waals surface area contributed by atoms with Gasteiger partial charge in [-0.15, -0.1) is 0 Å². The molecule has 1 unspecified atom stereocenters. The highest BCUT2D eigenvalue weighted by molar-refractivity contribution is 7.90. The molecule has 19 heavy (non-hydrogen) atoms. The molecule has 0 saturated carbocycles. The predicted octanol–water partition coefficient (Wildman–Crippen LogP) is 2.38. The Morgan fingerprint density at radius 2 is 1.74 bits per heavy atom. The van der Waals surface area contributed by atoms with E-state index in [2.05, 4.69) is 26.1 Å². The highest BCUT2D eigenvalue weighted by Crippen LogP contribution is 2.27. The van der Waals surface area contributed by atoms with E-state index in [0.29, 0.717) is 13.0 Å². The second-order valence-corrected chi connectivity index (χ2v) is 7.39. The van der Waals surface area contributed by atoms with Crippen molar-refractivity contribution in [3.8, 4) is 0 Å². The van der Waals surface area contributed by atoms with E-state index in [1.54, 1.807) is 0 Å². The number of nitrogens with one attached hydrogen (secondary N) is 1. The van der Waals surface area contributed by atoms with Crippen LogP contribution in [0, 0.1) is 0 Å². The van der Waals surface area contributed by atoms with E-state index < -0.39 is 9.84 Å². The standard InChI is InChI=1S/C14H31NO3S/c1-6-11-15-13(10-12-19(5,16)17)14(7-2,8-3)18-9-4/h13,15H,6-12H2,1-5H3. The van der Waals surface area contributed by atoms with Gasteiger partial charge >= 0.3 is 0 Å². The maximum Gasteiger partial charge on any atom is 0.147 e. The molecule has 0 bridgehead atoms. The summed E-state index contributed by atoms with van der Waals surface area (Å²) in [4.78, 5) is 0. The molecule has 0 aromatic carbocycles. The summed E-state index contributed by atoms with van der Waals surface area (Å²) in [6.07, 6.45) is 4.72. The van der Waals surface area contributed by atoms with E-state index >= 15 is 0 Å². The van der Waals surface area contributed by atoms with Crippen LogP contribution < -0.4 is 5.32 Å². The lowest BCUT2D eigenvalue weighted by atomic mass is 9.86. The molecular formula is C14H31NO3S. The minimum atomic E-state index is -2.93. The molecule has 0 fully saturated rings. The van der Waals surface area contributed by atoms with Crippen molar-refractivity contribution < 1.29 is 13.2 Å². The Balaban J connectivity index is 4.94. The van der Waals surface area contributed by atoms with Gasteiger partial charge in [0, 0.05) is 18.9 Å². The Hall–Kier alpha value is -0.130. The lowest BCUT2D eigenvalue weighted by molar-refractivity contribution is -0.0725. The molecule has 0 amide bonds. The second-order valence-electron chi connectivity index (χ2n) is 5.13. The zero-order chi connectivity index (χ0) is 14.9. The van der Waals surface area contributed by atoms with Gasteiger partial charge in [0.05, 0.1) is 11.4 Å². The first-order valence-corrected chi connectivity index (χ1v) is 9.46. The lowest BCUT2D eigenvalue weighted by Crippen LogP contribution is -2.53. The fourth-order valence-corrected chi connectivity index (χ4v) is 3.20. The van der Waals surface area contributed by atoms with Gasteiger partial charge in [-0.25, -0.2) is 8.42 Å². The van der Waals surface area contributed by atoms with Crippen LogP contribution >= 0.6 is 0 Å². The van der Waals surface area contributed by atoms with Crippen LogP contribution in [0.5, 0.6) is 0 Å². The molecule has 0 radical (unpaired) electrons. The Morgan fingerprint density at radius 1 is 1.16 bits per heavy atom. The summed E-state index contributed by atoms with van der Waals surface area (Å²) in [6.45, 7) is 9.88. The van der Waals surface area contributed by atoms with Gasteiger partial charge in [-0.3, -0.25) is 0 Å². The third-order valence-electron chi connectivity index (χ3n) is 3.68. The van der Waals surface area contributed by atoms with Crippen LogP contribution in [0.15, 0.2) is 0 Å². The summed E-state index contributed by atoms with van der Waals surface area (Å²) in [7, 11) is -2.93. The highest BCUT2D eigenvalue weighted by atomic mass is 32.2. The topological polar surface area (TPSA) is 55.4 Å². The summed E-state index contributed by atoms with van der Waals surface area (Å²) < 4.78 is 28.8. The fourth-order valence-electron chi connectivity index (χ4n) is 2.54. The van der Waals surface area contributed by atoms with Crippen molar-refractivity contribution in [2.45, 2.75) is 65.0 Å². The van der Waals surface area contributed by atoms with Crippen LogP contribution in [0.1, 0.15) is 53.4 Å². The van der Waals surface area contributed by atoms with Crippen molar-refractivity contribution in [3.63, 3.8) is 0 Å².